The van der Waals surface area contributed by atoms with E-state index in [4.69, 9.17) is 9.47 Å². The maximum Gasteiger partial charge on any atom is 0.573 e. The minimum atomic E-state index is -4.77. The van der Waals surface area contributed by atoms with E-state index in [0.717, 1.165) is 12.1 Å². The van der Waals surface area contributed by atoms with Crippen molar-refractivity contribution in [1.82, 2.24) is 5.32 Å². The van der Waals surface area contributed by atoms with Crippen LogP contribution < -0.4 is 19.5 Å². The Kier molecular flexibility index (Phi) is 4.69. The summed E-state index contributed by atoms with van der Waals surface area (Å²) in [5.74, 6) is 0.428. The van der Waals surface area contributed by atoms with Gasteiger partial charge < -0.3 is 19.5 Å². The first-order valence-electron chi connectivity index (χ1n) is 7.43. The van der Waals surface area contributed by atoms with Gasteiger partial charge in [-0.25, -0.2) is 0 Å². The number of alkyl halides is 3. The molecule has 132 valence electrons. The third kappa shape index (κ3) is 4.56. The second kappa shape index (κ2) is 6.92. The number of rotatable bonds is 4. The van der Waals surface area contributed by atoms with Crippen molar-refractivity contribution in [3.8, 4) is 17.2 Å². The number of hydrogen-bond acceptors (Lipinski definition) is 4. The van der Waals surface area contributed by atoms with Crippen molar-refractivity contribution in [1.29, 1.82) is 0 Å². The molecular formula is C17H14F3NO4. The van der Waals surface area contributed by atoms with Gasteiger partial charge in [-0.1, -0.05) is 12.1 Å². The van der Waals surface area contributed by atoms with Gasteiger partial charge in [-0.05, 0) is 36.4 Å². The van der Waals surface area contributed by atoms with E-state index >= 15 is 0 Å². The Morgan fingerprint density at radius 1 is 1.12 bits per heavy atom. The average molecular weight is 353 g/mol. The zero-order chi connectivity index (χ0) is 17.9. The van der Waals surface area contributed by atoms with Gasteiger partial charge >= 0.3 is 6.36 Å². The lowest BCUT2D eigenvalue weighted by molar-refractivity contribution is -0.274. The highest BCUT2D eigenvalue weighted by atomic mass is 19.4. The maximum absolute atomic E-state index is 12.1. The normalized spacial score (nSPS) is 16.2. The monoisotopic (exact) mass is 353 g/mol. The Balaban J connectivity index is 1.53. The minimum Gasteiger partial charge on any atom is -0.486 e. The van der Waals surface area contributed by atoms with Crippen LogP contribution in [-0.4, -0.2) is 31.5 Å². The number of carbonyl (C=O) groups is 1. The molecule has 2 aromatic carbocycles. The summed E-state index contributed by atoms with van der Waals surface area (Å²) in [4.78, 5) is 12.1. The number of benzene rings is 2. The summed E-state index contributed by atoms with van der Waals surface area (Å²) in [7, 11) is 0. The molecule has 0 saturated carbocycles. The summed E-state index contributed by atoms with van der Waals surface area (Å²) in [6.45, 7) is 0.490. The number of hydrogen-bond donors (Lipinski definition) is 1. The summed E-state index contributed by atoms with van der Waals surface area (Å²) < 4.78 is 51.3. The van der Waals surface area contributed by atoms with E-state index in [2.05, 4.69) is 10.1 Å². The summed E-state index contributed by atoms with van der Waals surface area (Å²) in [5.41, 5.74) is 0.214. The molecule has 0 spiro atoms. The smallest absolute Gasteiger partial charge is 0.486 e. The van der Waals surface area contributed by atoms with E-state index in [-0.39, 0.29) is 30.6 Å². The molecule has 3 rings (SSSR count). The van der Waals surface area contributed by atoms with E-state index < -0.39 is 12.3 Å². The number of carbonyl (C=O) groups excluding carboxylic acids is 1. The summed E-state index contributed by atoms with van der Waals surface area (Å²) >= 11 is 0. The molecular weight excluding hydrogens is 339 g/mol. The van der Waals surface area contributed by atoms with Gasteiger partial charge in [0.25, 0.3) is 5.91 Å². The molecule has 0 unspecified atom stereocenters. The predicted octanol–water partition coefficient (Wildman–Crippen LogP) is 3.16. The zero-order valence-corrected chi connectivity index (χ0v) is 12.9. The van der Waals surface area contributed by atoms with E-state index in [1.807, 2.05) is 12.1 Å². The minimum absolute atomic E-state index is 0.202. The van der Waals surface area contributed by atoms with Crippen LogP contribution in [0.2, 0.25) is 0 Å². The Labute approximate surface area is 141 Å². The van der Waals surface area contributed by atoms with Crippen LogP contribution in [0.25, 0.3) is 0 Å². The molecule has 1 N–H and O–H groups in total. The topological polar surface area (TPSA) is 56.8 Å². The molecule has 0 fully saturated rings. The molecule has 8 heteroatoms. The first-order chi connectivity index (χ1) is 11.9. The Morgan fingerprint density at radius 2 is 1.80 bits per heavy atom. The van der Waals surface area contributed by atoms with Crippen LogP contribution in [-0.2, 0) is 0 Å². The number of amides is 1. The number of ether oxygens (including phenoxy) is 3. The quantitative estimate of drug-likeness (QED) is 0.917. The molecule has 1 aliphatic heterocycles. The van der Waals surface area contributed by atoms with E-state index in [1.54, 1.807) is 12.1 Å². The van der Waals surface area contributed by atoms with Gasteiger partial charge in [0.2, 0.25) is 0 Å². The van der Waals surface area contributed by atoms with Crippen LogP contribution >= 0.6 is 0 Å². The van der Waals surface area contributed by atoms with Crippen molar-refractivity contribution in [3.05, 3.63) is 54.1 Å². The second-order valence-corrected chi connectivity index (χ2v) is 5.28. The van der Waals surface area contributed by atoms with Crippen LogP contribution in [0.5, 0.6) is 17.2 Å². The fraction of sp³-hybridized carbons (Fsp3) is 0.235. The number of nitrogens with one attached hydrogen (secondary N) is 1. The highest BCUT2D eigenvalue weighted by Crippen LogP contribution is 2.30. The highest BCUT2D eigenvalue weighted by molar-refractivity contribution is 5.94. The first kappa shape index (κ1) is 16.9. The summed E-state index contributed by atoms with van der Waals surface area (Å²) in [6, 6.07) is 11.9. The second-order valence-electron chi connectivity index (χ2n) is 5.28. The lowest BCUT2D eigenvalue weighted by atomic mass is 10.2. The Hall–Kier alpha value is -2.90. The van der Waals surface area contributed by atoms with Crippen molar-refractivity contribution < 1.29 is 32.2 Å². The van der Waals surface area contributed by atoms with Gasteiger partial charge in [-0.3, -0.25) is 4.79 Å². The molecule has 1 amide bonds. The largest absolute Gasteiger partial charge is 0.573 e. The molecule has 1 aliphatic rings. The molecule has 0 aromatic heterocycles. The number of fused-ring (bicyclic) bond motifs is 1. The first-order valence-corrected chi connectivity index (χ1v) is 7.43. The molecule has 0 radical (unpaired) electrons. The fourth-order valence-corrected chi connectivity index (χ4v) is 2.28. The lowest BCUT2D eigenvalue weighted by Gasteiger charge is -2.26. The average Bonchev–Trinajstić information content (AvgIpc) is 2.59. The van der Waals surface area contributed by atoms with E-state index in [0.29, 0.717) is 11.5 Å². The van der Waals surface area contributed by atoms with Crippen molar-refractivity contribution in [2.24, 2.45) is 0 Å². The molecule has 2 aromatic rings. The molecule has 0 saturated heterocycles. The SMILES string of the molecule is O=C(NC[C@@H]1COc2ccccc2O1)c1ccc(OC(F)(F)F)cc1. The van der Waals surface area contributed by atoms with Crippen molar-refractivity contribution in [3.63, 3.8) is 0 Å². The van der Waals surface area contributed by atoms with E-state index in [9.17, 15) is 18.0 Å². The van der Waals surface area contributed by atoms with Crippen LogP contribution in [0.3, 0.4) is 0 Å². The van der Waals surface area contributed by atoms with Crippen LogP contribution in [0.4, 0.5) is 13.2 Å². The molecule has 0 bridgehead atoms. The van der Waals surface area contributed by atoms with Gasteiger partial charge in [-0.2, -0.15) is 0 Å². The number of para-hydroxylation sites is 2. The van der Waals surface area contributed by atoms with Crippen molar-refractivity contribution in [2.75, 3.05) is 13.2 Å². The Bertz CT molecular complexity index is 746. The van der Waals surface area contributed by atoms with Gasteiger partial charge in [0.1, 0.15) is 18.5 Å². The van der Waals surface area contributed by atoms with Crippen molar-refractivity contribution >= 4 is 5.91 Å². The predicted molar refractivity (Wildman–Crippen MR) is 81.8 cm³/mol. The fourth-order valence-electron chi connectivity index (χ4n) is 2.28. The van der Waals surface area contributed by atoms with Crippen LogP contribution in [0, 0.1) is 0 Å². The lowest BCUT2D eigenvalue weighted by Crippen LogP contribution is -2.40. The summed E-state index contributed by atoms with van der Waals surface area (Å²) in [6.07, 6.45) is -5.12. The maximum atomic E-state index is 12.1. The van der Waals surface area contributed by atoms with Crippen LogP contribution in [0.15, 0.2) is 48.5 Å². The molecule has 1 heterocycles. The summed E-state index contributed by atoms with van der Waals surface area (Å²) in [5, 5.41) is 2.66. The molecule has 1 atom stereocenters. The van der Waals surface area contributed by atoms with Gasteiger partial charge in [0.05, 0.1) is 6.54 Å². The van der Waals surface area contributed by atoms with E-state index in [1.165, 1.54) is 12.1 Å². The third-order valence-corrected chi connectivity index (χ3v) is 3.41. The van der Waals surface area contributed by atoms with Crippen LogP contribution in [0.1, 0.15) is 10.4 Å². The van der Waals surface area contributed by atoms with Gasteiger partial charge in [-0.15, -0.1) is 13.2 Å². The third-order valence-electron chi connectivity index (χ3n) is 3.41. The standard InChI is InChI=1S/C17H14F3NO4/c18-17(19,20)25-12-7-5-11(6-8-12)16(22)21-9-13-10-23-14-3-1-2-4-15(14)24-13/h1-8,13H,9-10H2,(H,21,22)/t13-/m1/s1. The van der Waals surface area contributed by atoms with Gasteiger partial charge in [0.15, 0.2) is 11.5 Å². The molecule has 25 heavy (non-hydrogen) atoms. The molecule has 0 aliphatic carbocycles. The highest BCUT2D eigenvalue weighted by Gasteiger charge is 2.31. The van der Waals surface area contributed by atoms with Gasteiger partial charge in [0, 0.05) is 5.56 Å². The number of halogens is 3. The zero-order valence-electron chi connectivity index (χ0n) is 12.9. The molecule has 5 nitrogen and oxygen atoms in total. The Morgan fingerprint density at radius 3 is 2.48 bits per heavy atom. The van der Waals surface area contributed by atoms with Crippen molar-refractivity contribution in [2.45, 2.75) is 12.5 Å².